The lowest BCUT2D eigenvalue weighted by Crippen LogP contribution is -1.90. The first-order valence-corrected chi connectivity index (χ1v) is 3.88. The molecule has 10 heavy (non-hydrogen) atoms. The zero-order valence-electron chi connectivity index (χ0n) is 5.93. The molecule has 1 N–H and O–H groups in total. The van der Waals surface area contributed by atoms with Crippen LogP contribution < -0.4 is 0 Å². The Kier molecular flexibility index (Phi) is 1.46. The van der Waals surface area contributed by atoms with E-state index in [0.717, 1.165) is 5.92 Å². The molecule has 0 atom stereocenters. The summed E-state index contributed by atoms with van der Waals surface area (Å²) in [7, 11) is 0. The summed E-state index contributed by atoms with van der Waals surface area (Å²) < 4.78 is 0. The summed E-state index contributed by atoms with van der Waals surface area (Å²) in [5.41, 5.74) is 1.28. The fourth-order valence-electron chi connectivity index (χ4n) is 1.68. The first-order valence-electron chi connectivity index (χ1n) is 3.88. The fourth-order valence-corrected chi connectivity index (χ4v) is 1.68. The number of hydrogen-bond acceptors (Lipinski definition) is 1. The van der Waals surface area contributed by atoms with Gasteiger partial charge in [0, 0.05) is 17.8 Å². The van der Waals surface area contributed by atoms with E-state index in [2.05, 4.69) is 16.3 Å². The van der Waals surface area contributed by atoms with Gasteiger partial charge in [-0.15, -0.1) is 0 Å². The van der Waals surface area contributed by atoms with E-state index in [1.165, 1.54) is 31.4 Å². The lowest BCUT2D eigenvalue weighted by Gasteiger charge is -2.02. The van der Waals surface area contributed by atoms with Crippen molar-refractivity contribution >= 4 is 0 Å². The largest absolute Gasteiger partial charge is 0.339 e. The molecule has 2 rings (SSSR count). The molecule has 1 aliphatic carbocycles. The van der Waals surface area contributed by atoms with Crippen LogP contribution in [0.3, 0.4) is 0 Å². The molecule has 0 saturated heterocycles. The molecule has 2 heteroatoms. The van der Waals surface area contributed by atoms with E-state index in [4.69, 9.17) is 0 Å². The minimum absolute atomic E-state index is 0.749. The van der Waals surface area contributed by atoms with Gasteiger partial charge >= 0.3 is 0 Å². The quantitative estimate of drug-likeness (QED) is 0.625. The third-order valence-electron chi connectivity index (χ3n) is 2.26. The SMILES string of the molecule is [c]1ncc(C2CCCC2)[nH]1. The Morgan fingerprint density at radius 3 is 2.90 bits per heavy atom. The average Bonchev–Trinajstić information content (AvgIpc) is 2.59. The van der Waals surface area contributed by atoms with Gasteiger partial charge in [-0.25, -0.2) is 4.98 Å². The maximum Gasteiger partial charge on any atom is 0.173 e. The molecule has 1 aromatic heterocycles. The van der Waals surface area contributed by atoms with Crippen molar-refractivity contribution in [2.45, 2.75) is 31.6 Å². The molecule has 1 aliphatic rings. The van der Waals surface area contributed by atoms with E-state index in [1.807, 2.05) is 6.20 Å². The molecular weight excluding hydrogens is 124 g/mol. The molecule has 53 valence electrons. The van der Waals surface area contributed by atoms with Crippen LogP contribution in [0.15, 0.2) is 6.20 Å². The van der Waals surface area contributed by atoms with Crippen LogP contribution in [0.25, 0.3) is 0 Å². The van der Waals surface area contributed by atoms with Crippen molar-refractivity contribution in [3.63, 3.8) is 0 Å². The average molecular weight is 135 g/mol. The number of nitrogens with zero attached hydrogens (tertiary/aromatic N) is 1. The van der Waals surface area contributed by atoms with Crippen LogP contribution in [0, 0.1) is 6.33 Å². The van der Waals surface area contributed by atoms with E-state index in [0.29, 0.717) is 0 Å². The van der Waals surface area contributed by atoms with Crippen molar-refractivity contribution in [2.75, 3.05) is 0 Å². The molecule has 0 unspecified atom stereocenters. The summed E-state index contributed by atoms with van der Waals surface area (Å²) in [5.74, 6) is 0.749. The Morgan fingerprint density at radius 2 is 2.30 bits per heavy atom. The molecule has 0 aliphatic heterocycles. The van der Waals surface area contributed by atoms with Crippen molar-refractivity contribution < 1.29 is 0 Å². The Hall–Kier alpha value is -0.790. The molecule has 0 aromatic carbocycles. The van der Waals surface area contributed by atoms with Crippen LogP contribution in [0.1, 0.15) is 37.3 Å². The number of aromatic amines is 1. The fraction of sp³-hybridized carbons (Fsp3) is 0.625. The van der Waals surface area contributed by atoms with Gasteiger partial charge < -0.3 is 4.98 Å². The second-order valence-corrected chi connectivity index (χ2v) is 2.93. The van der Waals surface area contributed by atoms with Crippen molar-refractivity contribution in [3.8, 4) is 0 Å². The Labute approximate surface area is 60.7 Å². The number of aromatic nitrogens is 2. The summed E-state index contributed by atoms with van der Waals surface area (Å²) >= 11 is 0. The highest BCUT2D eigenvalue weighted by Crippen LogP contribution is 2.32. The lowest BCUT2D eigenvalue weighted by molar-refractivity contribution is 0.702. The highest BCUT2D eigenvalue weighted by atomic mass is 14.9. The van der Waals surface area contributed by atoms with Crippen molar-refractivity contribution in [3.05, 3.63) is 18.2 Å². The number of H-pyrrole nitrogens is 1. The van der Waals surface area contributed by atoms with Gasteiger partial charge in [-0.05, 0) is 12.8 Å². The predicted molar refractivity (Wildman–Crippen MR) is 38.6 cm³/mol. The smallest absolute Gasteiger partial charge is 0.173 e. The topological polar surface area (TPSA) is 28.7 Å². The molecule has 0 bridgehead atoms. The van der Waals surface area contributed by atoms with Crippen molar-refractivity contribution in [1.29, 1.82) is 0 Å². The Bertz CT molecular complexity index is 185. The molecule has 2 nitrogen and oxygen atoms in total. The van der Waals surface area contributed by atoms with E-state index < -0.39 is 0 Å². The first kappa shape index (κ1) is 5.96. The summed E-state index contributed by atoms with van der Waals surface area (Å²) in [6.07, 6.45) is 10.0. The van der Waals surface area contributed by atoms with E-state index >= 15 is 0 Å². The minimum atomic E-state index is 0.749. The zero-order chi connectivity index (χ0) is 6.81. The molecule has 1 fully saturated rings. The van der Waals surface area contributed by atoms with Crippen LogP contribution in [0.4, 0.5) is 0 Å². The van der Waals surface area contributed by atoms with E-state index in [9.17, 15) is 0 Å². The van der Waals surface area contributed by atoms with Crippen LogP contribution in [0.2, 0.25) is 0 Å². The number of nitrogens with one attached hydrogen (secondary N) is 1. The number of hydrogen-bond donors (Lipinski definition) is 1. The van der Waals surface area contributed by atoms with Gasteiger partial charge in [0.25, 0.3) is 0 Å². The van der Waals surface area contributed by atoms with Gasteiger partial charge in [-0.3, -0.25) is 0 Å². The maximum atomic E-state index is 3.89. The van der Waals surface area contributed by atoms with Gasteiger partial charge in [0.2, 0.25) is 0 Å². The summed E-state index contributed by atoms with van der Waals surface area (Å²) in [6, 6.07) is 0. The maximum absolute atomic E-state index is 3.89. The molecule has 0 amide bonds. The van der Waals surface area contributed by atoms with Gasteiger partial charge in [0.05, 0.1) is 0 Å². The highest BCUT2D eigenvalue weighted by Gasteiger charge is 2.17. The molecule has 1 radical (unpaired) electrons. The molecular formula is C8H11N2. The number of rotatable bonds is 1. The van der Waals surface area contributed by atoms with E-state index in [-0.39, 0.29) is 0 Å². The molecule has 0 spiro atoms. The van der Waals surface area contributed by atoms with Gasteiger partial charge in [-0.1, -0.05) is 12.8 Å². The Balaban J connectivity index is 2.12. The minimum Gasteiger partial charge on any atom is -0.339 e. The third kappa shape index (κ3) is 0.939. The third-order valence-corrected chi connectivity index (χ3v) is 2.26. The van der Waals surface area contributed by atoms with Crippen LogP contribution >= 0.6 is 0 Å². The van der Waals surface area contributed by atoms with Crippen LogP contribution in [0.5, 0.6) is 0 Å². The Morgan fingerprint density at radius 1 is 1.50 bits per heavy atom. The predicted octanol–water partition coefficient (Wildman–Crippen LogP) is 1.87. The summed E-state index contributed by atoms with van der Waals surface area (Å²) in [6.45, 7) is 0. The zero-order valence-corrected chi connectivity index (χ0v) is 5.93. The lowest BCUT2D eigenvalue weighted by atomic mass is 10.1. The highest BCUT2D eigenvalue weighted by molar-refractivity contribution is 5.04. The molecule has 1 heterocycles. The van der Waals surface area contributed by atoms with Crippen LogP contribution in [-0.2, 0) is 0 Å². The molecule has 1 saturated carbocycles. The monoisotopic (exact) mass is 135 g/mol. The van der Waals surface area contributed by atoms with Gasteiger partial charge in [0.1, 0.15) is 0 Å². The summed E-state index contributed by atoms with van der Waals surface area (Å²) in [5, 5.41) is 0. The van der Waals surface area contributed by atoms with Gasteiger partial charge in [0.15, 0.2) is 6.33 Å². The van der Waals surface area contributed by atoms with E-state index in [1.54, 1.807) is 0 Å². The second-order valence-electron chi connectivity index (χ2n) is 2.93. The normalized spacial score (nSPS) is 20.0. The standard InChI is InChI=1S/C8H11N2/c1-2-4-7(3-1)8-5-9-6-10-8/h5,7H,1-4H2,(H,9,10). The second kappa shape index (κ2) is 2.45. The number of imidazole rings is 1. The molecule has 1 aromatic rings. The van der Waals surface area contributed by atoms with Crippen molar-refractivity contribution in [1.82, 2.24) is 9.97 Å². The van der Waals surface area contributed by atoms with Gasteiger partial charge in [-0.2, -0.15) is 0 Å². The van der Waals surface area contributed by atoms with Crippen LogP contribution in [-0.4, -0.2) is 9.97 Å². The first-order chi connectivity index (χ1) is 4.97. The van der Waals surface area contributed by atoms with Crippen molar-refractivity contribution in [2.24, 2.45) is 0 Å². The summed E-state index contributed by atoms with van der Waals surface area (Å²) in [4.78, 5) is 6.93.